The van der Waals surface area contributed by atoms with Crippen molar-refractivity contribution < 1.29 is 33.1 Å². The highest BCUT2D eigenvalue weighted by Crippen LogP contribution is 2.26. The molecule has 0 unspecified atom stereocenters. The monoisotopic (exact) mass is 339 g/mol. The Balaban J connectivity index is 1.72. The average Bonchev–Trinajstić information content (AvgIpc) is 2.94. The Hall–Kier alpha value is -2.35. The highest BCUT2D eigenvalue weighted by molar-refractivity contribution is 5.66. The van der Waals surface area contributed by atoms with Crippen LogP contribution in [0.1, 0.15) is 6.92 Å². The number of hydrogen-bond acceptors (Lipinski definition) is 5. The lowest BCUT2D eigenvalue weighted by Gasteiger charge is -2.29. The summed E-state index contributed by atoms with van der Waals surface area (Å²) in [7, 11) is 0. The highest BCUT2D eigenvalue weighted by atomic mass is 19.1. The lowest BCUT2D eigenvalue weighted by Crippen LogP contribution is -2.36. The number of rotatable bonds is 4. The number of carbonyl (C=O) groups is 1. The Morgan fingerprint density at radius 3 is 2.88 bits per heavy atom. The van der Waals surface area contributed by atoms with Crippen LogP contribution in [0.15, 0.2) is 18.2 Å². The molecule has 1 fully saturated rings. The molecule has 1 saturated heterocycles. The molecular formula is C16H20FN2O5+. The van der Waals surface area contributed by atoms with Crippen LogP contribution in [-0.2, 0) is 19.0 Å². The molecule has 1 N–H and O–H groups in total. The first-order valence-electron chi connectivity index (χ1n) is 7.80. The number of ether oxygens (including phenoxy) is 3. The molecule has 0 aromatic heterocycles. The summed E-state index contributed by atoms with van der Waals surface area (Å²) in [4.78, 5) is 12.8. The van der Waals surface area contributed by atoms with Crippen molar-refractivity contribution in [3.63, 3.8) is 0 Å². The van der Waals surface area contributed by atoms with E-state index in [4.69, 9.17) is 14.2 Å². The van der Waals surface area contributed by atoms with Crippen molar-refractivity contribution in [3.05, 3.63) is 24.0 Å². The summed E-state index contributed by atoms with van der Waals surface area (Å²) < 4.78 is 31.3. The van der Waals surface area contributed by atoms with Crippen LogP contribution in [0.25, 0.3) is 0 Å². The maximum absolute atomic E-state index is 14.5. The minimum absolute atomic E-state index is 0.0320. The fraction of sp³-hybridized carbons (Fsp3) is 0.500. The minimum Gasteiger partial charge on any atom is -0.462 e. The zero-order valence-corrected chi connectivity index (χ0v) is 13.4. The second-order valence-electron chi connectivity index (χ2n) is 5.67. The van der Waals surface area contributed by atoms with E-state index in [0.717, 1.165) is 0 Å². The van der Waals surface area contributed by atoms with E-state index in [1.807, 2.05) is 4.90 Å². The van der Waals surface area contributed by atoms with E-state index in [0.29, 0.717) is 37.7 Å². The van der Waals surface area contributed by atoms with Crippen molar-refractivity contribution >= 4 is 23.4 Å². The van der Waals surface area contributed by atoms with Crippen molar-refractivity contribution in [1.82, 2.24) is 0 Å². The predicted octanol–water partition coefficient (Wildman–Crippen LogP) is 1.18. The van der Waals surface area contributed by atoms with Crippen LogP contribution in [0.4, 0.5) is 15.8 Å². The number of anilines is 1. The third-order valence-electron chi connectivity index (χ3n) is 3.96. The number of carbonyl (C=O) groups excluding carboxylic acids is 1. The third-order valence-corrected chi connectivity index (χ3v) is 3.96. The Bertz CT molecular complexity index is 658. The standard InChI is InChI=1S/C16H19FN2O5/c1-11(20)23-10-13-9-19(16(21)24-13)12-2-3-15(14(17)8-12)18-4-6-22-7-5-18/h2-3,8,13H,4-7,9-10H2,1H3/p+1/t13-/m1/s1. The molecule has 2 aliphatic rings. The third kappa shape index (κ3) is 3.59. The first-order chi connectivity index (χ1) is 11.5. The van der Waals surface area contributed by atoms with E-state index < -0.39 is 12.1 Å². The zero-order valence-electron chi connectivity index (χ0n) is 13.4. The molecule has 7 nitrogen and oxygen atoms in total. The van der Waals surface area contributed by atoms with E-state index in [9.17, 15) is 14.3 Å². The normalized spacial score (nSPS) is 20.9. The first kappa shape index (κ1) is 16.5. The van der Waals surface area contributed by atoms with Gasteiger partial charge in [0.2, 0.25) is 11.8 Å². The van der Waals surface area contributed by atoms with Gasteiger partial charge in [-0.05, 0) is 6.07 Å². The second kappa shape index (κ2) is 7.04. The van der Waals surface area contributed by atoms with Gasteiger partial charge >= 0.3 is 12.1 Å². The summed E-state index contributed by atoms with van der Waals surface area (Å²) in [5, 5.41) is 9.92. The molecule has 130 valence electrons. The molecule has 2 aliphatic heterocycles. The van der Waals surface area contributed by atoms with E-state index >= 15 is 0 Å². The number of morpholine rings is 1. The quantitative estimate of drug-likeness (QED) is 0.656. The maximum atomic E-state index is 14.5. The van der Waals surface area contributed by atoms with E-state index in [-0.39, 0.29) is 25.1 Å². The Morgan fingerprint density at radius 1 is 1.46 bits per heavy atom. The molecule has 0 spiro atoms. The average molecular weight is 339 g/mol. The molecule has 1 atom stereocenters. The Kier molecular flexibility index (Phi) is 4.84. The van der Waals surface area contributed by atoms with Crippen molar-refractivity contribution in [2.75, 3.05) is 44.4 Å². The van der Waals surface area contributed by atoms with Gasteiger partial charge in [-0.1, -0.05) is 0 Å². The van der Waals surface area contributed by atoms with Gasteiger partial charge in [0.15, 0.2) is 12.4 Å². The summed E-state index contributed by atoms with van der Waals surface area (Å²) in [6.07, 6.45) is -0.818. The van der Waals surface area contributed by atoms with Gasteiger partial charge in [-0.2, -0.15) is 0 Å². The molecule has 1 aromatic rings. The minimum atomic E-state index is -0.490. The van der Waals surface area contributed by atoms with Crippen LogP contribution in [0.2, 0.25) is 0 Å². The molecule has 2 heterocycles. The molecule has 0 aliphatic carbocycles. The van der Waals surface area contributed by atoms with Gasteiger partial charge in [-0.3, -0.25) is 4.79 Å². The first-order valence-corrected chi connectivity index (χ1v) is 7.80. The smallest absolute Gasteiger partial charge is 0.462 e. The number of nitrogens with zero attached hydrogens (tertiary/aromatic N) is 2. The van der Waals surface area contributed by atoms with E-state index in [1.165, 1.54) is 17.6 Å². The number of halogens is 1. The molecule has 8 heteroatoms. The molecule has 0 amide bonds. The number of hydrogen-bond donors (Lipinski definition) is 1. The molecule has 24 heavy (non-hydrogen) atoms. The van der Waals surface area contributed by atoms with Gasteiger partial charge in [-0.15, -0.1) is 4.58 Å². The molecule has 0 saturated carbocycles. The summed E-state index contributed by atoms with van der Waals surface area (Å²) in [5.41, 5.74) is 0.991. The van der Waals surface area contributed by atoms with Crippen molar-refractivity contribution in [3.8, 4) is 0 Å². The van der Waals surface area contributed by atoms with Crippen LogP contribution in [0.5, 0.6) is 0 Å². The second-order valence-corrected chi connectivity index (χ2v) is 5.67. The van der Waals surface area contributed by atoms with Crippen molar-refractivity contribution in [1.29, 1.82) is 0 Å². The van der Waals surface area contributed by atoms with Gasteiger partial charge in [0.1, 0.15) is 6.61 Å². The lowest BCUT2D eigenvalue weighted by atomic mass is 10.2. The largest absolute Gasteiger partial charge is 0.553 e. The van der Waals surface area contributed by atoms with Crippen LogP contribution < -0.4 is 4.90 Å². The summed E-state index contributed by atoms with van der Waals surface area (Å²) in [6, 6.07) is 4.77. The zero-order chi connectivity index (χ0) is 17.1. The van der Waals surface area contributed by atoms with Crippen molar-refractivity contribution in [2.45, 2.75) is 13.0 Å². The number of esters is 1. The number of aliphatic hydroxyl groups excluding tert-OH is 1. The van der Waals surface area contributed by atoms with Gasteiger partial charge < -0.3 is 24.2 Å². The van der Waals surface area contributed by atoms with Gasteiger partial charge in [-0.25, -0.2) is 4.39 Å². The van der Waals surface area contributed by atoms with Crippen molar-refractivity contribution in [2.24, 2.45) is 0 Å². The van der Waals surface area contributed by atoms with E-state index in [1.54, 1.807) is 12.1 Å². The SMILES string of the molecule is CC(=O)OC[C@H]1C[N+](c2ccc(N3CCOCC3)c(F)c2)=C(O)O1. The fourth-order valence-corrected chi connectivity index (χ4v) is 2.77. The molecule has 3 rings (SSSR count). The topological polar surface area (TPSA) is 71.2 Å². The number of aliphatic hydroxyl groups is 1. The van der Waals surface area contributed by atoms with Gasteiger partial charge in [0.05, 0.1) is 18.9 Å². The highest BCUT2D eigenvalue weighted by Gasteiger charge is 2.36. The van der Waals surface area contributed by atoms with Gasteiger partial charge in [0, 0.05) is 32.1 Å². The molecule has 0 bridgehead atoms. The lowest BCUT2D eigenvalue weighted by molar-refractivity contribution is -0.442. The van der Waals surface area contributed by atoms with Crippen LogP contribution in [0.3, 0.4) is 0 Å². The number of benzene rings is 1. The fourth-order valence-electron chi connectivity index (χ4n) is 2.77. The Morgan fingerprint density at radius 2 is 2.21 bits per heavy atom. The van der Waals surface area contributed by atoms with Crippen LogP contribution in [-0.4, -0.2) is 67.3 Å². The maximum Gasteiger partial charge on any atom is 0.553 e. The predicted molar refractivity (Wildman–Crippen MR) is 83.4 cm³/mol. The molecular weight excluding hydrogens is 319 g/mol. The Labute approximate surface area is 138 Å². The van der Waals surface area contributed by atoms with Gasteiger partial charge in [0.25, 0.3) is 0 Å². The summed E-state index contributed by atoms with van der Waals surface area (Å²) in [6.45, 7) is 4.05. The van der Waals surface area contributed by atoms with Crippen LogP contribution in [0, 0.1) is 5.82 Å². The molecule has 1 aromatic carbocycles. The summed E-state index contributed by atoms with van der Waals surface area (Å²) in [5.74, 6) is -0.789. The summed E-state index contributed by atoms with van der Waals surface area (Å²) >= 11 is 0. The molecule has 0 radical (unpaired) electrons. The van der Waals surface area contributed by atoms with Crippen LogP contribution >= 0.6 is 0 Å². The van der Waals surface area contributed by atoms with E-state index in [2.05, 4.69) is 0 Å².